The molecule has 0 aromatic heterocycles. The Morgan fingerprint density at radius 2 is 1.00 bits per heavy atom. The highest BCUT2D eigenvalue weighted by molar-refractivity contribution is 6.00. The van der Waals surface area contributed by atoms with Gasteiger partial charge in [-0.1, -0.05) is 116 Å². The Hall–Kier alpha value is -6.10. The maximum atomic E-state index is 15.6. The quantitative estimate of drug-likeness (QED) is 0.0891. The molecule has 0 aromatic rings. The highest BCUT2D eigenvalue weighted by atomic mass is 16.5. The summed E-state index contributed by atoms with van der Waals surface area (Å²) in [6.07, 6.45) is 2.84. The molecule has 1 aliphatic rings. The zero-order valence-electron chi connectivity index (χ0n) is 63.4. The number of ether oxygens (including phenoxy) is 2. The molecule has 1 aliphatic heterocycles. The number of rotatable bonds is 21. The molecule has 14 atom stereocenters. The largest absolute Gasteiger partial charge is 0.459 e. The molecule has 8 amide bonds. The number of Topliss-reactive ketones (excluding diaryl/α,β-unsaturated/α-hetero) is 3. The maximum Gasteiger partial charge on any atom is 0.303 e. The maximum absolute atomic E-state index is 15.6. The van der Waals surface area contributed by atoms with E-state index in [0.29, 0.717) is 19.4 Å². The molecule has 1 N–H and O–H groups in total. The minimum atomic E-state index is -1.62. The Morgan fingerprint density at radius 1 is 0.547 bits per heavy atom. The third-order valence-electron chi connectivity index (χ3n) is 18.9. The first-order chi connectivity index (χ1) is 44.0. The fourth-order valence-electron chi connectivity index (χ4n) is 13.1. The predicted octanol–water partition coefficient (Wildman–Crippen LogP) is 7.06. The monoisotopic (exact) mass is 1340 g/mol. The van der Waals surface area contributed by atoms with Crippen LogP contribution in [0.1, 0.15) is 182 Å². The summed E-state index contributed by atoms with van der Waals surface area (Å²) < 4.78 is 11.6. The summed E-state index contributed by atoms with van der Waals surface area (Å²) in [6.45, 7) is 30.4. The first kappa shape index (κ1) is 86.9. The van der Waals surface area contributed by atoms with Crippen molar-refractivity contribution in [3.8, 4) is 0 Å². The number of nitrogens with zero attached hydrogens (tertiary/aromatic N) is 8. The lowest BCUT2D eigenvalue weighted by Crippen LogP contribution is -2.64. The lowest BCUT2D eigenvalue weighted by atomic mass is 9.83. The van der Waals surface area contributed by atoms with Crippen molar-refractivity contribution in [2.24, 2.45) is 59.2 Å². The summed E-state index contributed by atoms with van der Waals surface area (Å²) in [4.78, 5) is 190. The van der Waals surface area contributed by atoms with E-state index in [1.165, 1.54) is 92.8 Å². The van der Waals surface area contributed by atoms with E-state index in [1.807, 2.05) is 73.5 Å². The van der Waals surface area contributed by atoms with Crippen LogP contribution in [0.15, 0.2) is 12.2 Å². The van der Waals surface area contributed by atoms with Crippen molar-refractivity contribution in [2.45, 2.75) is 236 Å². The molecule has 1 fully saturated rings. The Morgan fingerprint density at radius 3 is 1.46 bits per heavy atom. The summed E-state index contributed by atoms with van der Waals surface area (Å²) in [7, 11) is 15.5. The summed E-state index contributed by atoms with van der Waals surface area (Å²) in [5.74, 6) is -12.5. The molecule has 1 rings (SSSR count). The number of amides is 8. The van der Waals surface area contributed by atoms with Crippen molar-refractivity contribution in [1.29, 1.82) is 0 Å². The van der Waals surface area contributed by atoms with Gasteiger partial charge in [-0.15, -0.1) is 0 Å². The Balaban J connectivity index is 4.67. The molecular weight excluding hydrogens is 1210 g/mol. The number of carbonyl (C=O) groups is 12. The number of hydrogen-bond acceptors (Lipinski definition) is 15. The standard InChI is InChI=1S/C72H127N9O14/c1-28-30-32-47(13)64(95-51(17)82)63-65(86)73-53(29-2)68(89)75(20)54(33-31-34-74(18)19)69(90)80(25)62(50(16)41-94-27)60(85)40-52(45(9)10)67(88)76(21)55(35-42(3)4)59(84)38-48(14)58(83)39-49(15)66(87)77(22)56(36-43(5)6)70(91)78(23)57(37-44(7)8)71(92)79(24)61(46(11)12)72(93)81(63)26/h28,30,42-50,52-57,61-64H,29,31-41H2,1-27H3,(H,73,86)/b30-28+/t47-,48-,49+,50-,52+,53+,54-,55+,56+,57+,61+,62?,63+,64-/m1/s1. The highest BCUT2D eigenvalue weighted by Gasteiger charge is 2.48. The first-order valence-corrected chi connectivity index (χ1v) is 34.7. The Labute approximate surface area is 571 Å². The van der Waals surface area contributed by atoms with Crippen LogP contribution in [0.25, 0.3) is 0 Å². The summed E-state index contributed by atoms with van der Waals surface area (Å²) in [6, 6.07) is -9.91. The summed E-state index contributed by atoms with van der Waals surface area (Å²) in [5.41, 5.74) is 0. The van der Waals surface area contributed by atoms with Gasteiger partial charge in [-0.3, -0.25) is 57.5 Å². The second-order valence-corrected chi connectivity index (χ2v) is 29.5. The number of methoxy groups -OCH3 is 1. The number of ketones is 3. The van der Waals surface area contributed by atoms with E-state index in [1.54, 1.807) is 68.4 Å². The van der Waals surface area contributed by atoms with Crippen LogP contribution in [-0.2, 0) is 67.0 Å². The van der Waals surface area contributed by atoms with E-state index in [0.717, 1.165) is 4.90 Å². The minimum absolute atomic E-state index is 0.0116. The molecular formula is C72H127N9O14. The zero-order valence-corrected chi connectivity index (χ0v) is 63.4. The highest BCUT2D eigenvalue weighted by Crippen LogP contribution is 2.30. The van der Waals surface area contributed by atoms with Gasteiger partial charge in [0, 0.05) is 106 Å². The summed E-state index contributed by atoms with van der Waals surface area (Å²) in [5, 5.41) is 2.88. The van der Waals surface area contributed by atoms with Crippen LogP contribution in [-0.4, -0.2) is 248 Å². The molecule has 0 aromatic carbocycles. The second-order valence-electron chi connectivity index (χ2n) is 29.5. The van der Waals surface area contributed by atoms with E-state index in [4.69, 9.17) is 9.47 Å². The SMILES string of the molecule is C/C=C/C[C@@H](C)[C@@H](OC(C)=O)[C@H]1C(=O)N[C@@H](CC)C(=O)N(C)[C@H](CCCN(C)C)C(=O)N(C)C([C@H](C)COC)C(=O)C[C@@H](C(C)C)C(=O)N(C)[C@@H](CC(C)C)C(=O)C[C@@H](C)C(=O)C[C@H](C)C(=O)N(C)[C@@H](CC(C)C)C(=O)N(C)[C@@H](CC(C)C)C(=O)N(C)[C@@H](C(C)C)C(=O)N1C. The van der Waals surface area contributed by atoms with Crippen LogP contribution < -0.4 is 5.32 Å². The van der Waals surface area contributed by atoms with Crippen molar-refractivity contribution in [2.75, 3.05) is 83.7 Å². The van der Waals surface area contributed by atoms with Gasteiger partial charge < -0.3 is 54.0 Å². The van der Waals surface area contributed by atoms with Crippen molar-refractivity contribution in [3.05, 3.63) is 12.2 Å². The van der Waals surface area contributed by atoms with Gasteiger partial charge in [-0.25, -0.2) is 0 Å². The molecule has 1 saturated heterocycles. The molecule has 544 valence electrons. The van der Waals surface area contributed by atoms with Gasteiger partial charge in [-0.2, -0.15) is 0 Å². The van der Waals surface area contributed by atoms with Crippen LogP contribution in [0.5, 0.6) is 0 Å². The van der Waals surface area contributed by atoms with Gasteiger partial charge in [0.25, 0.3) is 0 Å². The Bertz CT molecular complexity index is 2610. The number of likely N-dealkylation sites (N-methyl/N-ethyl adjacent to an activating group) is 7. The van der Waals surface area contributed by atoms with Gasteiger partial charge in [0.1, 0.15) is 48.1 Å². The van der Waals surface area contributed by atoms with E-state index < -0.39 is 155 Å². The predicted molar refractivity (Wildman–Crippen MR) is 370 cm³/mol. The van der Waals surface area contributed by atoms with Crippen LogP contribution in [0, 0.1) is 59.2 Å². The molecule has 0 spiro atoms. The van der Waals surface area contributed by atoms with Crippen LogP contribution in [0.2, 0.25) is 0 Å². The number of allylic oxidation sites excluding steroid dienone is 2. The number of carbonyl (C=O) groups excluding carboxylic acids is 12. The fourth-order valence-corrected chi connectivity index (χ4v) is 13.1. The molecule has 0 radical (unpaired) electrons. The van der Waals surface area contributed by atoms with Crippen molar-refractivity contribution in [3.63, 3.8) is 0 Å². The van der Waals surface area contributed by atoms with Gasteiger partial charge in [0.05, 0.1) is 18.7 Å². The molecule has 0 aliphatic carbocycles. The van der Waals surface area contributed by atoms with E-state index >= 15 is 33.6 Å². The molecule has 0 saturated carbocycles. The topological polar surface area (TPSA) is 261 Å². The van der Waals surface area contributed by atoms with E-state index in [9.17, 15) is 24.0 Å². The van der Waals surface area contributed by atoms with Gasteiger partial charge >= 0.3 is 5.97 Å². The number of hydrogen-bond donors (Lipinski definition) is 1. The Kier molecular flexibility index (Phi) is 37.1. The average Bonchev–Trinajstić information content (AvgIpc) is 0.807. The molecule has 1 heterocycles. The second kappa shape index (κ2) is 40.6. The molecule has 23 nitrogen and oxygen atoms in total. The van der Waals surface area contributed by atoms with E-state index in [2.05, 4.69) is 5.32 Å². The number of nitrogens with one attached hydrogen (secondary N) is 1. The lowest BCUT2D eigenvalue weighted by Gasteiger charge is -2.42. The van der Waals surface area contributed by atoms with E-state index in [-0.39, 0.29) is 87.3 Å². The van der Waals surface area contributed by atoms with Gasteiger partial charge in [-0.05, 0) is 108 Å². The third kappa shape index (κ3) is 25.1. The molecule has 0 bridgehead atoms. The van der Waals surface area contributed by atoms with Crippen LogP contribution in [0.3, 0.4) is 0 Å². The molecule has 95 heavy (non-hydrogen) atoms. The molecule has 1 unspecified atom stereocenters. The fraction of sp³-hybridized carbons (Fsp3) is 0.806. The van der Waals surface area contributed by atoms with Crippen LogP contribution in [0.4, 0.5) is 0 Å². The third-order valence-corrected chi connectivity index (χ3v) is 18.9. The van der Waals surface area contributed by atoms with Crippen molar-refractivity contribution >= 4 is 70.6 Å². The minimum Gasteiger partial charge on any atom is -0.459 e. The van der Waals surface area contributed by atoms with Crippen molar-refractivity contribution < 1.29 is 67.0 Å². The number of esters is 1. The zero-order chi connectivity index (χ0) is 73.5. The normalized spacial score (nSPS) is 26.6. The van der Waals surface area contributed by atoms with Gasteiger partial charge in [0.15, 0.2) is 11.6 Å². The smallest absolute Gasteiger partial charge is 0.303 e. The first-order valence-electron chi connectivity index (χ1n) is 34.7. The van der Waals surface area contributed by atoms with Crippen molar-refractivity contribution in [1.82, 2.24) is 44.5 Å². The average molecular weight is 1340 g/mol. The van der Waals surface area contributed by atoms with Gasteiger partial charge in [0.2, 0.25) is 47.3 Å². The summed E-state index contributed by atoms with van der Waals surface area (Å²) >= 11 is 0. The van der Waals surface area contributed by atoms with Crippen LogP contribution >= 0.6 is 0 Å². The molecule has 23 heteroatoms. The lowest BCUT2D eigenvalue weighted by molar-refractivity contribution is -0.164.